The molecule has 12 heavy (non-hydrogen) atoms. The van der Waals surface area contributed by atoms with E-state index in [0.29, 0.717) is 19.0 Å². The molecule has 0 aromatic carbocycles. The van der Waals surface area contributed by atoms with Gasteiger partial charge in [0.15, 0.2) is 0 Å². The number of nitrogens with two attached hydrogens (primary N) is 1. The van der Waals surface area contributed by atoms with Gasteiger partial charge in [-0.05, 0) is 25.2 Å². The van der Waals surface area contributed by atoms with Gasteiger partial charge in [0.2, 0.25) is 0 Å². The molecule has 0 spiro atoms. The van der Waals surface area contributed by atoms with Crippen molar-refractivity contribution in [2.24, 2.45) is 11.1 Å². The molecule has 0 atom stereocenters. The van der Waals surface area contributed by atoms with Gasteiger partial charge < -0.3 is 0 Å². The van der Waals surface area contributed by atoms with E-state index in [1.165, 1.54) is 4.31 Å². The maximum Gasteiger partial charge on any atom is 0.276 e. The highest BCUT2D eigenvalue weighted by molar-refractivity contribution is 7.86. The molecule has 2 N–H and O–H groups in total. The van der Waals surface area contributed by atoms with Gasteiger partial charge >= 0.3 is 0 Å². The van der Waals surface area contributed by atoms with Crippen molar-refractivity contribution in [2.75, 3.05) is 13.1 Å². The normalized spacial score (nSPS) is 18.6. The van der Waals surface area contributed by atoms with Gasteiger partial charge in [-0.3, -0.25) is 0 Å². The largest absolute Gasteiger partial charge is 0.276 e. The molecular weight excluding hydrogens is 176 g/mol. The highest BCUT2D eigenvalue weighted by atomic mass is 32.2. The van der Waals surface area contributed by atoms with Crippen LogP contribution in [0.1, 0.15) is 26.2 Å². The van der Waals surface area contributed by atoms with Crippen molar-refractivity contribution in [3.05, 3.63) is 0 Å². The highest BCUT2D eigenvalue weighted by Crippen LogP contribution is 2.30. The lowest BCUT2D eigenvalue weighted by Crippen LogP contribution is -2.38. The molecule has 5 heteroatoms. The van der Waals surface area contributed by atoms with E-state index < -0.39 is 10.2 Å². The Labute approximate surface area is 73.9 Å². The van der Waals surface area contributed by atoms with Gasteiger partial charge in [-0.25, -0.2) is 5.14 Å². The van der Waals surface area contributed by atoms with Gasteiger partial charge in [-0.2, -0.15) is 12.7 Å². The first-order chi connectivity index (χ1) is 5.54. The van der Waals surface area contributed by atoms with Crippen LogP contribution in [0.2, 0.25) is 0 Å². The summed E-state index contributed by atoms with van der Waals surface area (Å²) in [6.45, 7) is 3.12. The molecule has 0 heterocycles. The van der Waals surface area contributed by atoms with Crippen LogP contribution in [0.4, 0.5) is 0 Å². The Morgan fingerprint density at radius 2 is 2.08 bits per heavy atom. The van der Waals surface area contributed by atoms with Crippen LogP contribution < -0.4 is 5.14 Å². The lowest BCUT2D eigenvalue weighted by atomic mass is 10.4. The Hall–Kier alpha value is -0.130. The molecule has 1 aliphatic rings. The van der Waals surface area contributed by atoms with Crippen molar-refractivity contribution < 1.29 is 8.42 Å². The maximum atomic E-state index is 11.0. The molecule has 0 aromatic rings. The van der Waals surface area contributed by atoms with E-state index in [-0.39, 0.29) is 0 Å². The average Bonchev–Trinajstić information content (AvgIpc) is 2.68. The highest BCUT2D eigenvalue weighted by Gasteiger charge is 2.27. The fourth-order valence-corrected chi connectivity index (χ4v) is 2.02. The SMILES string of the molecule is CCCN(CC1CC1)S(N)(=O)=O. The van der Waals surface area contributed by atoms with Gasteiger partial charge in [0.1, 0.15) is 0 Å². The van der Waals surface area contributed by atoms with E-state index in [1.54, 1.807) is 0 Å². The molecule has 0 saturated heterocycles. The minimum atomic E-state index is -3.45. The van der Waals surface area contributed by atoms with Crippen molar-refractivity contribution >= 4 is 10.2 Å². The molecule has 1 aliphatic carbocycles. The van der Waals surface area contributed by atoms with Gasteiger partial charge in [-0.1, -0.05) is 6.92 Å². The Morgan fingerprint density at radius 1 is 1.50 bits per heavy atom. The predicted molar refractivity (Wildman–Crippen MR) is 47.7 cm³/mol. The molecule has 0 bridgehead atoms. The van der Waals surface area contributed by atoms with E-state index in [9.17, 15) is 8.42 Å². The zero-order chi connectivity index (χ0) is 9.19. The molecule has 0 aliphatic heterocycles. The summed E-state index contributed by atoms with van der Waals surface area (Å²) in [5, 5.41) is 5.04. The van der Waals surface area contributed by atoms with Crippen LogP contribution >= 0.6 is 0 Å². The number of hydrogen-bond acceptors (Lipinski definition) is 2. The first-order valence-electron chi connectivity index (χ1n) is 4.32. The summed E-state index contributed by atoms with van der Waals surface area (Å²) >= 11 is 0. The molecular formula is C7H16N2O2S. The summed E-state index contributed by atoms with van der Waals surface area (Å²) in [5.41, 5.74) is 0. The topological polar surface area (TPSA) is 63.4 Å². The third-order valence-corrected chi connectivity index (χ3v) is 3.04. The first-order valence-corrected chi connectivity index (χ1v) is 5.82. The monoisotopic (exact) mass is 192 g/mol. The molecule has 0 unspecified atom stereocenters. The zero-order valence-electron chi connectivity index (χ0n) is 7.36. The second kappa shape index (κ2) is 3.72. The van der Waals surface area contributed by atoms with Crippen LogP contribution in [-0.2, 0) is 10.2 Å². The van der Waals surface area contributed by atoms with Crippen molar-refractivity contribution in [3.63, 3.8) is 0 Å². The Bertz CT molecular complexity index is 234. The van der Waals surface area contributed by atoms with E-state index >= 15 is 0 Å². The quantitative estimate of drug-likeness (QED) is 0.681. The zero-order valence-corrected chi connectivity index (χ0v) is 8.18. The minimum absolute atomic E-state index is 0.551. The molecule has 0 radical (unpaired) electrons. The fraction of sp³-hybridized carbons (Fsp3) is 1.00. The van der Waals surface area contributed by atoms with Gasteiger partial charge in [-0.15, -0.1) is 0 Å². The van der Waals surface area contributed by atoms with Gasteiger partial charge in [0.05, 0.1) is 0 Å². The van der Waals surface area contributed by atoms with E-state index in [4.69, 9.17) is 5.14 Å². The summed E-state index contributed by atoms with van der Waals surface area (Å²) < 4.78 is 23.4. The lowest BCUT2D eigenvalue weighted by Gasteiger charge is -2.17. The second-order valence-corrected chi connectivity index (χ2v) is 4.89. The summed E-state index contributed by atoms with van der Waals surface area (Å²) in [5.74, 6) is 0.565. The molecule has 1 saturated carbocycles. The van der Waals surface area contributed by atoms with E-state index in [1.807, 2.05) is 6.92 Å². The maximum absolute atomic E-state index is 11.0. The van der Waals surface area contributed by atoms with Crippen LogP contribution in [0.3, 0.4) is 0 Å². The predicted octanol–water partition coefficient (Wildman–Crippen LogP) is 0.312. The summed E-state index contributed by atoms with van der Waals surface area (Å²) in [6, 6.07) is 0. The Kier molecular flexibility index (Phi) is 3.09. The Balaban J connectivity index is 2.47. The fourth-order valence-electron chi connectivity index (χ4n) is 1.16. The van der Waals surface area contributed by atoms with Crippen LogP contribution in [-0.4, -0.2) is 25.8 Å². The van der Waals surface area contributed by atoms with E-state index in [0.717, 1.165) is 19.3 Å². The third-order valence-electron chi connectivity index (χ3n) is 1.99. The molecule has 0 aromatic heterocycles. The van der Waals surface area contributed by atoms with Crippen molar-refractivity contribution in [2.45, 2.75) is 26.2 Å². The van der Waals surface area contributed by atoms with Crippen LogP contribution in [0.5, 0.6) is 0 Å². The van der Waals surface area contributed by atoms with E-state index in [2.05, 4.69) is 0 Å². The standard InChI is InChI=1S/C7H16N2O2S/c1-2-5-9(12(8,10)11)6-7-3-4-7/h7H,2-6H2,1H3,(H2,8,10,11). The second-order valence-electron chi connectivity index (χ2n) is 3.35. The van der Waals surface area contributed by atoms with Crippen molar-refractivity contribution in [3.8, 4) is 0 Å². The molecule has 72 valence electrons. The Morgan fingerprint density at radius 3 is 2.42 bits per heavy atom. The number of nitrogens with zero attached hydrogens (tertiary/aromatic N) is 1. The van der Waals surface area contributed by atoms with Crippen LogP contribution in [0, 0.1) is 5.92 Å². The number of hydrogen-bond donors (Lipinski definition) is 1. The first kappa shape index (κ1) is 9.95. The molecule has 4 nitrogen and oxygen atoms in total. The summed E-state index contributed by atoms with van der Waals surface area (Å²) in [7, 11) is -3.45. The minimum Gasteiger partial charge on any atom is -0.216 e. The average molecular weight is 192 g/mol. The number of rotatable bonds is 5. The lowest BCUT2D eigenvalue weighted by molar-refractivity contribution is 0.396. The molecule has 1 fully saturated rings. The molecule has 1 rings (SSSR count). The third kappa shape index (κ3) is 3.08. The summed E-state index contributed by atoms with van der Waals surface area (Å²) in [6.07, 6.45) is 3.12. The van der Waals surface area contributed by atoms with Crippen molar-refractivity contribution in [1.29, 1.82) is 0 Å². The molecule has 0 amide bonds. The van der Waals surface area contributed by atoms with Crippen LogP contribution in [0.15, 0.2) is 0 Å². The summed E-state index contributed by atoms with van der Waals surface area (Å²) in [4.78, 5) is 0. The smallest absolute Gasteiger partial charge is 0.216 e. The van der Waals surface area contributed by atoms with Gasteiger partial charge in [0, 0.05) is 13.1 Å². The van der Waals surface area contributed by atoms with Crippen molar-refractivity contribution in [1.82, 2.24) is 4.31 Å². The van der Waals surface area contributed by atoms with Gasteiger partial charge in [0.25, 0.3) is 10.2 Å². The van der Waals surface area contributed by atoms with Crippen LogP contribution in [0.25, 0.3) is 0 Å².